The highest BCUT2D eigenvalue weighted by Gasteiger charge is 1.67. The Bertz CT molecular complexity index is 109. The Kier molecular flexibility index (Phi) is 1.74. The summed E-state index contributed by atoms with van der Waals surface area (Å²) in [6.45, 7) is 0. The summed E-state index contributed by atoms with van der Waals surface area (Å²) >= 11 is 0. The van der Waals surface area contributed by atoms with Crippen LogP contribution >= 0.6 is 0 Å². The number of rotatable bonds is 0. The fourth-order valence-corrected chi connectivity index (χ4v) is 0.330. The summed E-state index contributed by atoms with van der Waals surface area (Å²) in [4.78, 5) is 0. The van der Waals surface area contributed by atoms with Gasteiger partial charge in [-0.3, -0.25) is 0 Å². The highest BCUT2D eigenvalue weighted by molar-refractivity contribution is 5.71. The van der Waals surface area contributed by atoms with E-state index in [1.807, 2.05) is 6.08 Å². The van der Waals surface area contributed by atoms with E-state index in [0.717, 1.165) is 0 Å². The minimum Gasteiger partial charge on any atom is -0.139 e. The molecule has 1 aliphatic heterocycles. The largest absolute Gasteiger partial charge is 0.139 e. The average molecular weight is 107 g/mol. The van der Waals surface area contributed by atoms with Crippen molar-refractivity contribution in [2.24, 2.45) is 15.4 Å². The third kappa shape index (κ3) is 1.47. The smallest absolute Gasteiger partial charge is 0.0513 e. The van der Waals surface area contributed by atoms with Gasteiger partial charge < -0.3 is 0 Å². The molecule has 1 rings (SSSR count). The van der Waals surface area contributed by atoms with Gasteiger partial charge in [0.25, 0.3) is 0 Å². The Morgan fingerprint density at radius 2 is 2.00 bits per heavy atom. The van der Waals surface area contributed by atoms with Crippen molar-refractivity contribution >= 4 is 6.21 Å². The maximum absolute atomic E-state index is 3.53. The van der Waals surface area contributed by atoms with Gasteiger partial charge in [-0.15, -0.1) is 10.2 Å². The molecule has 0 fully saturated rings. The first-order valence-corrected chi connectivity index (χ1v) is 2.25. The number of hydrogen-bond donors (Lipinski definition) is 0. The summed E-state index contributed by atoms with van der Waals surface area (Å²) in [6, 6.07) is 0. The molecule has 0 N–H and O–H groups in total. The molecule has 0 aromatic rings. The lowest BCUT2D eigenvalue weighted by molar-refractivity contribution is 1.06. The zero-order valence-electron chi connectivity index (χ0n) is 4.23. The van der Waals surface area contributed by atoms with E-state index in [1.54, 1.807) is 24.6 Å². The van der Waals surface area contributed by atoms with Crippen LogP contribution in [0.2, 0.25) is 0 Å². The van der Waals surface area contributed by atoms with Crippen LogP contribution in [0.5, 0.6) is 0 Å². The van der Waals surface area contributed by atoms with Gasteiger partial charge in [-0.1, -0.05) is 6.08 Å². The van der Waals surface area contributed by atoms with E-state index in [2.05, 4.69) is 15.4 Å². The molecule has 0 aromatic carbocycles. The number of nitrogens with zero attached hydrogens (tertiary/aromatic N) is 3. The standard InChI is InChI=1S/C5H5N3/c1-2-4-6-8-7-5-3-1/h1-5H. The third-order valence-corrected chi connectivity index (χ3v) is 0.631. The van der Waals surface area contributed by atoms with E-state index in [-0.39, 0.29) is 0 Å². The molecule has 8 heavy (non-hydrogen) atoms. The first-order chi connectivity index (χ1) is 4.00. The van der Waals surface area contributed by atoms with Crippen molar-refractivity contribution in [3.05, 3.63) is 24.4 Å². The summed E-state index contributed by atoms with van der Waals surface area (Å²) < 4.78 is 0. The third-order valence-electron chi connectivity index (χ3n) is 0.631. The molecule has 3 nitrogen and oxygen atoms in total. The molecule has 0 unspecified atom stereocenters. The van der Waals surface area contributed by atoms with E-state index in [1.165, 1.54) is 0 Å². The zero-order chi connectivity index (χ0) is 5.66. The van der Waals surface area contributed by atoms with Crippen molar-refractivity contribution in [1.82, 2.24) is 0 Å². The van der Waals surface area contributed by atoms with Crippen molar-refractivity contribution in [3.8, 4) is 0 Å². The lowest BCUT2D eigenvalue weighted by Crippen LogP contribution is -1.62. The van der Waals surface area contributed by atoms with Crippen molar-refractivity contribution in [2.45, 2.75) is 0 Å². The maximum Gasteiger partial charge on any atom is 0.0513 e. The number of allylic oxidation sites excluding steroid dienone is 3. The molecule has 0 bridgehead atoms. The summed E-state index contributed by atoms with van der Waals surface area (Å²) in [5.74, 6) is 0. The topological polar surface area (TPSA) is 37.1 Å². The monoisotopic (exact) mass is 107 g/mol. The molecule has 0 saturated carbocycles. The van der Waals surface area contributed by atoms with Crippen LogP contribution in [-0.4, -0.2) is 6.21 Å². The molecule has 0 spiro atoms. The van der Waals surface area contributed by atoms with Crippen LogP contribution in [0.4, 0.5) is 0 Å². The predicted molar refractivity (Wildman–Crippen MR) is 31.6 cm³/mol. The first kappa shape index (κ1) is 4.90. The van der Waals surface area contributed by atoms with E-state index >= 15 is 0 Å². The average Bonchev–Trinajstić information content (AvgIpc) is 1.62. The van der Waals surface area contributed by atoms with Crippen LogP contribution in [0.1, 0.15) is 0 Å². The minimum absolute atomic E-state index is 1.58. The van der Waals surface area contributed by atoms with Crippen molar-refractivity contribution in [1.29, 1.82) is 0 Å². The molecule has 0 saturated heterocycles. The van der Waals surface area contributed by atoms with Gasteiger partial charge in [-0.25, -0.2) is 0 Å². The van der Waals surface area contributed by atoms with Crippen LogP contribution < -0.4 is 0 Å². The fourth-order valence-electron chi connectivity index (χ4n) is 0.330. The summed E-state index contributed by atoms with van der Waals surface area (Å²) in [6.07, 6.45) is 8.56. The molecule has 40 valence electrons. The molecule has 1 heterocycles. The SMILES string of the molecule is C1=CC=NN=NC=C1. The molecule has 0 aromatic heterocycles. The second-order valence-electron chi connectivity index (χ2n) is 1.20. The summed E-state index contributed by atoms with van der Waals surface area (Å²) in [7, 11) is 0. The molecule has 1 aliphatic rings. The van der Waals surface area contributed by atoms with Crippen LogP contribution in [-0.2, 0) is 0 Å². The van der Waals surface area contributed by atoms with Crippen molar-refractivity contribution in [3.63, 3.8) is 0 Å². The molecule has 0 atom stereocenters. The molecule has 3 heteroatoms. The van der Waals surface area contributed by atoms with E-state index in [9.17, 15) is 0 Å². The van der Waals surface area contributed by atoms with Crippen LogP contribution in [0, 0.1) is 0 Å². The normalized spacial score (nSPS) is 16.0. The lowest BCUT2D eigenvalue weighted by atomic mass is 10.5. The molecule has 0 radical (unpaired) electrons. The zero-order valence-corrected chi connectivity index (χ0v) is 4.23. The summed E-state index contributed by atoms with van der Waals surface area (Å²) in [5.41, 5.74) is 0. The van der Waals surface area contributed by atoms with E-state index in [4.69, 9.17) is 0 Å². The molecule has 0 amide bonds. The van der Waals surface area contributed by atoms with Gasteiger partial charge >= 0.3 is 0 Å². The molecular formula is C5H5N3. The maximum atomic E-state index is 3.53. The van der Waals surface area contributed by atoms with Gasteiger partial charge in [0.15, 0.2) is 0 Å². The molecule has 0 aliphatic carbocycles. The van der Waals surface area contributed by atoms with Gasteiger partial charge in [0, 0.05) is 0 Å². The van der Waals surface area contributed by atoms with E-state index in [0.29, 0.717) is 0 Å². The molecular weight excluding hydrogens is 102 g/mol. The first-order valence-electron chi connectivity index (χ1n) is 2.25. The Balaban J connectivity index is 2.67. The van der Waals surface area contributed by atoms with Crippen molar-refractivity contribution < 1.29 is 0 Å². The fraction of sp³-hybridized carbons (Fsp3) is 0. The Labute approximate surface area is 47.1 Å². The van der Waals surface area contributed by atoms with Crippen LogP contribution in [0.15, 0.2) is 39.9 Å². The van der Waals surface area contributed by atoms with Gasteiger partial charge in [0.1, 0.15) is 0 Å². The highest BCUT2D eigenvalue weighted by atomic mass is 15.3. The highest BCUT2D eigenvalue weighted by Crippen LogP contribution is 1.84. The van der Waals surface area contributed by atoms with Crippen molar-refractivity contribution in [2.75, 3.05) is 0 Å². The summed E-state index contributed by atoms with van der Waals surface area (Å²) in [5, 5.41) is 10.4. The lowest BCUT2D eigenvalue weighted by Gasteiger charge is -1.75. The van der Waals surface area contributed by atoms with Gasteiger partial charge in [0.05, 0.1) is 12.4 Å². The Hall–Kier alpha value is -1.25. The number of hydrogen-bond acceptors (Lipinski definition) is 3. The second-order valence-corrected chi connectivity index (χ2v) is 1.20. The predicted octanol–water partition coefficient (Wildman–Crippen LogP) is 1.51. The second kappa shape index (κ2) is 2.85. The quantitative estimate of drug-likeness (QED) is 0.450. The van der Waals surface area contributed by atoms with Crippen LogP contribution in [0.25, 0.3) is 0 Å². The van der Waals surface area contributed by atoms with Gasteiger partial charge in [-0.05, 0) is 17.4 Å². The van der Waals surface area contributed by atoms with Gasteiger partial charge in [0.2, 0.25) is 0 Å². The minimum atomic E-state index is 1.58. The van der Waals surface area contributed by atoms with Crippen LogP contribution in [0.3, 0.4) is 0 Å². The Morgan fingerprint density at radius 1 is 1.00 bits per heavy atom. The Morgan fingerprint density at radius 3 is 3.00 bits per heavy atom. The van der Waals surface area contributed by atoms with Gasteiger partial charge in [-0.2, -0.15) is 0 Å². The van der Waals surface area contributed by atoms with E-state index < -0.39 is 0 Å².